The fourth-order valence-electron chi connectivity index (χ4n) is 2.44. The van der Waals surface area contributed by atoms with Crippen LogP contribution in [0.3, 0.4) is 0 Å². The number of nitrogens with zero attached hydrogens (tertiary/aromatic N) is 3. The zero-order valence-electron chi connectivity index (χ0n) is 12.7. The van der Waals surface area contributed by atoms with E-state index < -0.39 is 0 Å². The van der Waals surface area contributed by atoms with Gasteiger partial charge in [0.15, 0.2) is 10.4 Å². The molecule has 1 fully saturated rings. The number of furan rings is 1. The SMILES string of the molecule is C[C@H](CNc1oc(-c2ccc(Br)o2)nc1C#N)N1CCOCC1. The summed E-state index contributed by atoms with van der Waals surface area (Å²) in [6, 6.07) is 5.83. The van der Waals surface area contributed by atoms with E-state index in [9.17, 15) is 5.26 Å². The van der Waals surface area contributed by atoms with Crippen LogP contribution in [0, 0.1) is 11.3 Å². The Bertz CT molecular complexity index is 700. The lowest BCUT2D eigenvalue weighted by atomic mass is 10.2. The number of halogens is 1. The van der Waals surface area contributed by atoms with Crippen molar-refractivity contribution >= 4 is 21.8 Å². The molecule has 2 aromatic heterocycles. The van der Waals surface area contributed by atoms with Crippen LogP contribution in [0.25, 0.3) is 11.7 Å². The first-order chi connectivity index (χ1) is 11.2. The van der Waals surface area contributed by atoms with Crippen molar-refractivity contribution in [3.05, 3.63) is 22.5 Å². The summed E-state index contributed by atoms with van der Waals surface area (Å²) in [5.41, 5.74) is 0.224. The molecule has 0 radical (unpaired) electrons. The molecule has 7 nitrogen and oxygen atoms in total. The Morgan fingerprint density at radius 2 is 2.17 bits per heavy atom. The lowest BCUT2D eigenvalue weighted by Gasteiger charge is -2.32. The van der Waals surface area contributed by atoms with Crippen molar-refractivity contribution in [2.75, 3.05) is 38.2 Å². The highest BCUT2D eigenvalue weighted by atomic mass is 79.9. The van der Waals surface area contributed by atoms with E-state index in [2.05, 4.69) is 38.1 Å². The van der Waals surface area contributed by atoms with Crippen molar-refractivity contribution < 1.29 is 13.6 Å². The van der Waals surface area contributed by atoms with Crippen molar-refractivity contribution in [2.24, 2.45) is 0 Å². The van der Waals surface area contributed by atoms with E-state index in [1.807, 2.05) is 6.07 Å². The second-order valence-corrected chi connectivity index (χ2v) is 6.07. The Hall–Kier alpha value is -1.82. The van der Waals surface area contributed by atoms with Crippen LogP contribution in [0.4, 0.5) is 5.88 Å². The lowest BCUT2D eigenvalue weighted by molar-refractivity contribution is 0.0226. The average molecular weight is 381 g/mol. The van der Waals surface area contributed by atoms with Crippen LogP contribution in [0.2, 0.25) is 0 Å². The second kappa shape index (κ2) is 7.17. The minimum absolute atomic E-state index is 0.224. The van der Waals surface area contributed by atoms with Gasteiger partial charge in [-0.3, -0.25) is 4.90 Å². The molecule has 1 aliphatic heterocycles. The molecular weight excluding hydrogens is 364 g/mol. The topological polar surface area (TPSA) is 87.5 Å². The third-order valence-corrected chi connectivity index (χ3v) is 4.17. The van der Waals surface area contributed by atoms with Crippen LogP contribution in [0.15, 0.2) is 25.6 Å². The summed E-state index contributed by atoms with van der Waals surface area (Å²) in [4.78, 5) is 6.50. The minimum Gasteiger partial charge on any atom is -0.444 e. The monoisotopic (exact) mass is 380 g/mol. The predicted molar refractivity (Wildman–Crippen MR) is 87.0 cm³/mol. The highest BCUT2D eigenvalue weighted by Gasteiger charge is 2.20. The summed E-state index contributed by atoms with van der Waals surface area (Å²) in [6.45, 7) is 6.13. The molecule has 0 unspecified atom stereocenters. The maximum Gasteiger partial charge on any atom is 0.266 e. The van der Waals surface area contributed by atoms with Crippen LogP contribution in [-0.2, 0) is 4.74 Å². The van der Waals surface area contributed by atoms with Gasteiger partial charge in [0, 0.05) is 25.7 Å². The number of oxazole rings is 1. The molecule has 8 heteroatoms. The summed E-state index contributed by atoms with van der Waals surface area (Å²) in [5.74, 6) is 1.13. The number of hydrogen-bond donors (Lipinski definition) is 1. The van der Waals surface area contributed by atoms with E-state index in [0.29, 0.717) is 28.9 Å². The molecule has 0 spiro atoms. The van der Waals surface area contributed by atoms with Crippen molar-refractivity contribution in [3.8, 4) is 17.7 Å². The van der Waals surface area contributed by atoms with Gasteiger partial charge in [-0.25, -0.2) is 0 Å². The zero-order valence-corrected chi connectivity index (χ0v) is 14.3. The standard InChI is InChI=1S/C15H17BrN4O3/c1-10(20-4-6-21-7-5-20)9-18-14-11(8-17)19-15(23-14)12-2-3-13(16)22-12/h2-3,10,18H,4-7,9H2,1H3/t10-/m1/s1. The quantitative estimate of drug-likeness (QED) is 0.852. The van der Waals surface area contributed by atoms with Gasteiger partial charge in [0.2, 0.25) is 11.6 Å². The molecule has 122 valence electrons. The Labute approximate surface area is 142 Å². The highest BCUT2D eigenvalue weighted by molar-refractivity contribution is 9.10. The van der Waals surface area contributed by atoms with Gasteiger partial charge in [0.05, 0.1) is 13.2 Å². The predicted octanol–water partition coefficient (Wildman–Crippen LogP) is 2.70. The zero-order chi connectivity index (χ0) is 16.2. The molecule has 3 rings (SSSR count). The van der Waals surface area contributed by atoms with Gasteiger partial charge < -0.3 is 18.9 Å². The molecule has 0 bridgehead atoms. The van der Waals surface area contributed by atoms with E-state index >= 15 is 0 Å². The Morgan fingerprint density at radius 3 is 2.83 bits per heavy atom. The molecule has 1 N–H and O–H groups in total. The van der Waals surface area contributed by atoms with Gasteiger partial charge in [-0.05, 0) is 35.0 Å². The molecule has 0 saturated carbocycles. The summed E-state index contributed by atoms with van der Waals surface area (Å²) in [6.07, 6.45) is 0. The number of ether oxygens (including phenoxy) is 1. The Balaban J connectivity index is 1.67. The van der Waals surface area contributed by atoms with Crippen molar-refractivity contribution in [1.29, 1.82) is 5.26 Å². The van der Waals surface area contributed by atoms with Crippen molar-refractivity contribution in [2.45, 2.75) is 13.0 Å². The highest BCUT2D eigenvalue weighted by Crippen LogP contribution is 2.28. The Morgan fingerprint density at radius 1 is 1.39 bits per heavy atom. The molecule has 0 amide bonds. The maximum atomic E-state index is 9.22. The summed E-state index contributed by atoms with van der Waals surface area (Å²) in [5, 5.41) is 12.4. The van der Waals surface area contributed by atoms with Gasteiger partial charge in [0.1, 0.15) is 6.07 Å². The molecular formula is C15H17BrN4O3. The molecule has 1 aliphatic rings. The largest absolute Gasteiger partial charge is 0.444 e. The van der Waals surface area contributed by atoms with Gasteiger partial charge in [-0.2, -0.15) is 10.2 Å². The summed E-state index contributed by atoms with van der Waals surface area (Å²) in [7, 11) is 0. The number of rotatable bonds is 5. The number of nitriles is 1. The second-order valence-electron chi connectivity index (χ2n) is 5.29. The minimum atomic E-state index is 0.224. The summed E-state index contributed by atoms with van der Waals surface area (Å²) >= 11 is 3.23. The van der Waals surface area contributed by atoms with Crippen LogP contribution in [-0.4, -0.2) is 48.8 Å². The molecule has 0 aliphatic carbocycles. The van der Waals surface area contributed by atoms with E-state index in [-0.39, 0.29) is 11.6 Å². The molecule has 1 atom stereocenters. The third-order valence-electron chi connectivity index (χ3n) is 3.74. The molecule has 23 heavy (non-hydrogen) atoms. The molecule has 1 saturated heterocycles. The first kappa shape index (κ1) is 16.1. The van der Waals surface area contributed by atoms with Crippen molar-refractivity contribution in [1.82, 2.24) is 9.88 Å². The smallest absolute Gasteiger partial charge is 0.266 e. The maximum absolute atomic E-state index is 9.22. The van der Waals surface area contributed by atoms with Gasteiger partial charge in [-0.15, -0.1) is 0 Å². The average Bonchev–Trinajstić information content (AvgIpc) is 3.19. The first-order valence-electron chi connectivity index (χ1n) is 7.39. The first-order valence-corrected chi connectivity index (χ1v) is 8.19. The number of anilines is 1. The fraction of sp³-hybridized carbons (Fsp3) is 0.467. The van der Waals surface area contributed by atoms with Crippen LogP contribution >= 0.6 is 15.9 Å². The van der Waals surface area contributed by atoms with Gasteiger partial charge in [0.25, 0.3) is 5.89 Å². The fourth-order valence-corrected chi connectivity index (χ4v) is 2.74. The van der Waals surface area contributed by atoms with Crippen LogP contribution in [0.1, 0.15) is 12.6 Å². The summed E-state index contributed by atoms with van der Waals surface area (Å²) < 4.78 is 17.0. The van der Waals surface area contributed by atoms with E-state index in [0.717, 1.165) is 26.3 Å². The normalized spacial score (nSPS) is 16.9. The number of hydrogen-bond acceptors (Lipinski definition) is 7. The molecule has 3 heterocycles. The lowest BCUT2D eigenvalue weighted by Crippen LogP contribution is -2.45. The van der Waals surface area contributed by atoms with Gasteiger partial charge in [-0.1, -0.05) is 0 Å². The van der Waals surface area contributed by atoms with Crippen LogP contribution in [0.5, 0.6) is 0 Å². The van der Waals surface area contributed by atoms with E-state index in [1.165, 1.54) is 0 Å². The van der Waals surface area contributed by atoms with Crippen LogP contribution < -0.4 is 5.32 Å². The van der Waals surface area contributed by atoms with E-state index in [1.54, 1.807) is 12.1 Å². The van der Waals surface area contributed by atoms with Gasteiger partial charge >= 0.3 is 0 Å². The van der Waals surface area contributed by atoms with Crippen molar-refractivity contribution in [3.63, 3.8) is 0 Å². The number of aromatic nitrogens is 1. The number of morpholine rings is 1. The van der Waals surface area contributed by atoms with E-state index in [4.69, 9.17) is 13.6 Å². The number of nitrogens with one attached hydrogen (secondary N) is 1. The molecule has 2 aromatic rings. The Kier molecular flexibility index (Phi) is 5.00. The third kappa shape index (κ3) is 3.75. The molecule has 0 aromatic carbocycles.